The number of piperidine rings is 1. The molecule has 5 heteroatoms. The van der Waals surface area contributed by atoms with Crippen LogP contribution < -0.4 is 5.32 Å². The van der Waals surface area contributed by atoms with E-state index in [0.29, 0.717) is 13.2 Å². The maximum Gasteiger partial charge on any atom is 0.332 e. The highest BCUT2D eigenvalue weighted by molar-refractivity contribution is 5.70. The fourth-order valence-electron chi connectivity index (χ4n) is 2.28. The lowest BCUT2D eigenvalue weighted by molar-refractivity contribution is -0.148. The van der Waals surface area contributed by atoms with Gasteiger partial charge in [-0.3, -0.25) is 0 Å². The van der Waals surface area contributed by atoms with Crippen molar-refractivity contribution in [1.82, 2.24) is 10.2 Å². The Morgan fingerprint density at radius 3 is 2.74 bits per heavy atom. The molecule has 0 aromatic carbocycles. The first kappa shape index (κ1) is 16.4. The number of hydrogen-bond acceptors (Lipinski definition) is 5. The van der Waals surface area contributed by atoms with Crippen LogP contribution in [-0.2, 0) is 14.3 Å². The summed E-state index contributed by atoms with van der Waals surface area (Å²) in [6.07, 6.45) is 3.88. The molecule has 19 heavy (non-hydrogen) atoms. The predicted molar refractivity (Wildman–Crippen MR) is 75.2 cm³/mol. The molecule has 1 heterocycles. The van der Waals surface area contributed by atoms with Gasteiger partial charge in [-0.2, -0.15) is 0 Å². The van der Waals surface area contributed by atoms with Gasteiger partial charge in [0.05, 0.1) is 13.2 Å². The van der Waals surface area contributed by atoms with E-state index < -0.39 is 0 Å². The first-order chi connectivity index (χ1) is 9.22. The lowest BCUT2D eigenvalue weighted by atomic mass is 9.94. The summed E-state index contributed by atoms with van der Waals surface area (Å²) in [7, 11) is 2.19. The number of likely N-dealkylation sites (tertiary alicyclic amines) is 1. The van der Waals surface area contributed by atoms with E-state index >= 15 is 0 Å². The molecule has 0 aliphatic carbocycles. The molecular weight excluding hydrogens is 244 g/mol. The van der Waals surface area contributed by atoms with Gasteiger partial charge >= 0.3 is 5.97 Å². The van der Waals surface area contributed by atoms with E-state index in [1.807, 2.05) is 0 Å². The van der Waals surface area contributed by atoms with Crippen molar-refractivity contribution in [2.45, 2.75) is 26.2 Å². The monoisotopic (exact) mass is 272 g/mol. The van der Waals surface area contributed by atoms with E-state index in [-0.39, 0.29) is 12.6 Å². The summed E-state index contributed by atoms with van der Waals surface area (Å²) in [5.41, 5.74) is 0. The Hall–Kier alpha value is -0.650. The molecule has 0 saturated carbocycles. The Morgan fingerprint density at radius 2 is 2.05 bits per heavy atom. The van der Waals surface area contributed by atoms with E-state index in [1.54, 1.807) is 6.92 Å². The van der Waals surface area contributed by atoms with Crippen LogP contribution in [0.5, 0.6) is 0 Å². The molecule has 0 aromatic heterocycles. The van der Waals surface area contributed by atoms with Crippen LogP contribution in [0.2, 0.25) is 0 Å². The highest BCUT2D eigenvalue weighted by Crippen LogP contribution is 2.18. The zero-order valence-corrected chi connectivity index (χ0v) is 12.3. The van der Waals surface area contributed by atoms with Crippen molar-refractivity contribution in [3.63, 3.8) is 0 Å². The van der Waals surface area contributed by atoms with Crippen LogP contribution in [0.25, 0.3) is 0 Å². The molecule has 0 unspecified atom stereocenters. The van der Waals surface area contributed by atoms with Gasteiger partial charge in [-0.15, -0.1) is 0 Å². The zero-order valence-electron chi connectivity index (χ0n) is 12.3. The van der Waals surface area contributed by atoms with Gasteiger partial charge in [0, 0.05) is 6.54 Å². The van der Waals surface area contributed by atoms with Crippen molar-refractivity contribution in [2.75, 3.05) is 53.0 Å². The summed E-state index contributed by atoms with van der Waals surface area (Å²) in [5, 5.41) is 3.36. The Morgan fingerprint density at radius 1 is 1.32 bits per heavy atom. The number of nitrogens with one attached hydrogen (secondary N) is 1. The maximum absolute atomic E-state index is 11.0. The summed E-state index contributed by atoms with van der Waals surface area (Å²) in [5.74, 6) is 0.581. The van der Waals surface area contributed by atoms with Crippen LogP contribution in [0.4, 0.5) is 0 Å². The van der Waals surface area contributed by atoms with E-state index in [1.165, 1.54) is 32.4 Å². The average molecular weight is 272 g/mol. The Bertz CT molecular complexity index is 241. The quantitative estimate of drug-likeness (QED) is 0.499. The number of ether oxygens (including phenoxy) is 2. The van der Waals surface area contributed by atoms with Gasteiger partial charge in [0.2, 0.25) is 0 Å². The molecule has 5 nitrogen and oxygen atoms in total. The molecule has 1 fully saturated rings. The number of nitrogens with zero attached hydrogens (tertiary/aromatic N) is 1. The summed E-state index contributed by atoms with van der Waals surface area (Å²) in [6, 6.07) is 0. The fourth-order valence-corrected chi connectivity index (χ4v) is 2.28. The third-order valence-corrected chi connectivity index (χ3v) is 3.52. The minimum Gasteiger partial charge on any atom is -0.464 e. The fraction of sp³-hybridized carbons (Fsp3) is 0.929. The van der Waals surface area contributed by atoms with Gasteiger partial charge in [-0.1, -0.05) is 0 Å². The summed E-state index contributed by atoms with van der Waals surface area (Å²) < 4.78 is 9.98. The van der Waals surface area contributed by atoms with Crippen molar-refractivity contribution in [3.05, 3.63) is 0 Å². The lowest BCUT2D eigenvalue weighted by Crippen LogP contribution is -2.32. The molecule has 1 rings (SSSR count). The molecule has 0 radical (unpaired) electrons. The topological polar surface area (TPSA) is 50.8 Å². The van der Waals surface area contributed by atoms with Crippen LogP contribution in [0.1, 0.15) is 26.2 Å². The third kappa shape index (κ3) is 8.18. The van der Waals surface area contributed by atoms with Crippen molar-refractivity contribution in [3.8, 4) is 0 Å². The molecule has 0 bridgehead atoms. The number of rotatable bonds is 9. The van der Waals surface area contributed by atoms with Crippen LogP contribution >= 0.6 is 0 Å². The van der Waals surface area contributed by atoms with Gasteiger partial charge in [-0.25, -0.2) is 4.79 Å². The molecular formula is C14H28N2O3. The normalized spacial score (nSPS) is 17.6. The van der Waals surface area contributed by atoms with E-state index in [4.69, 9.17) is 9.47 Å². The summed E-state index contributed by atoms with van der Waals surface area (Å²) in [6.45, 7) is 7.13. The third-order valence-electron chi connectivity index (χ3n) is 3.52. The largest absolute Gasteiger partial charge is 0.464 e. The molecule has 112 valence electrons. The molecule has 1 aliphatic rings. The summed E-state index contributed by atoms with van der Waals surface area (Å²) in [4.78, 5) is 13.4. The minimum absolute atomic E-state index is 0.0600. The van der Waals surface area contributed by atoms with Gasteiger partial charge in [-0.05, 0) is 58.8 Å². The molecule has 1 saturated heterocycles. The molecule has 1 N–H and O–H groups in total. The Kier molecular flexibility index (Phi) is 8.79. The smallest absolute Gasteiger partial charge is 0.332 e. The molecule has 0 amide bonds. The highest BCUT2D eigenvalue weighted by atomic mass is 16.6. The maximum atomic E-state index is 11.0. The molecule has 1 aliphatic heterocycles. The zero-order chi connectivity index (χ0) is 13.9. The average Bonchev–Trinajstić information content (AvgIpc) is 2.40. The van der Waals surface area contributed by atoms with Crippen LogP contribution in [0.3, 0.4) is 0 Å². The van der Waals surface area contributed by atoms with Crippen LogP contribution in [-0.4, -0.2) is 63.9 Å². The molecule has 0 aromatic rings. The second-order valence-corrected chi connectivity index (χ2v) is 5.14. The van der Waals surface area contributed by atoms with Gasteiger partial charge in [0.1, 0.15) is 6.61 Å². The van der Waals surface area contributed by atoms with Gasteiger partial charge in [0.25, 0.3) is 0 Å². The van der Waals surface area contributed by atoms with Crippen molar-refractivity contribution < 1.29 is 14.3 Å². The molecule has 0 spiro atoms. The first-order valence-electron chi connectivity index (χ1n) is 7.35. The SMILES string of the molecule is CCOC(=O)COCCNCCC1CCN(C)CC1. The van der Waals surface area contributed by atoms with Crippen molar-refractivity contribution in [1.29, 1.82) is 0 Å². The van der Waals surface area contributed by atoms with Gasteiger partial charge < -0.3 is 19.7 Å². The van der Waals surface area contributed by atoms with Crippen molar-refractivity contribution >= 4 is 5.97 Å². The van der Waals surface area contributed by atoms with Crippen LogP contribution in [0.15, 0.2) is 0 Å². The number of carbonyl (C=O) groups excluding carboxylic acids is 1. The summed E-state index contributed by atoms with van der Waals surface area (Å²) >= 11 is 0. The standard InChI is InChI=1S/C14H28N2O3/c1-3-19-14(17)12-18-11-8-15-7-4-13-5-9-16(2)10-6-13/h13,15H,3-12H2,1-2H3. The molecule has 0 atom stereocenters. The predicted octanol–water partition coefficient (Wildman–Crippen LogP) is 0.888. The first-order valence-corrected chi connectivity index (χ1v) is 7.35. The Labute approximate surface area is 116 Å². The lowest BCUT2D eigenvalue weighted by Gasteiger charge is -2.28. The van der Waals surface area contributed by atoms with Gasteiger partial charge in [0.15, 0.2) is 0 Å². The second-order valence-electron chi connectivity index (χ2n) is 5.14. The number of esters is 1. The van der Waals surface area contributed by atoms with Crippen LogP contribution in [0, 0.1) is 5.92 Å². The number of hydrogen-bond donors (Lipinski definition) is 1. The van der Waals surface area contributed by atoms with Crippen molar-refractivity contribution in [2.24, 2.45) is 5.92 Å². The second kappa shape index (κ2) is 10.2. The highest BCUT2D eigenvalue weighted by Gasteiger charge is 2.15. The number of carbonyl (C=O) groups is 1. The van der Waals surface area contributed by atoms with E-state index in [2.05, 4.69) is 17.3 Å². The minimum atomic E-state index is -0.283. The van der Waals surface area contributed by atoms with E-state index in [9.17, 15) is 4.79 Å². The Balaban J connectivity index is 1.85. The van der Waals surface area contributed by atoms with E-state index in [0.717, 1.165) is 19.0 Å².